The zero-order chi connectivity index (χ0) is 34.8. The maximum absolute atomic E-state index is 6.58. The topological polar surface area (TPSA) is 89.9 Å². The molecule has 0 amide bonds. The molecule has 12 heteroatoms. The zero-order valence-electron chi connectivity index (χ0n) is 29.8. The Kier molecular flexibility index (Phi) is 9.46. The van der Waals surface area contributed by atoms with Gasteiger partial charge in [-0.05, 0) is 92.4 Å². The molecule has 5 aliphatic rings. The van der Waals surface area contributed by atoms with Crippen molar-refractivity contribution in [3.8, 4) is 11.5 Å². The lowest BCUT2D eigenvalue weighted by molar-refractivity contribution is -0.196. The molecule has 2 saturated heterocycles. The van der Waals surface area contributed by atoms with Crippen LogP contribution in [0.5, 0.6) is 11.5 Å². The van der Waals surface area contributed by atoms with E-state index in [1.807, 2.05) is 49.0 Å². The lowest BCUT2D eigenvalue weighted by atomic mass is 10.0. The van der Waals surface area contributed by atoms with Crippen LogP contribution in [0, 0.1) is 0 Å². The molecule has 3 atom stereocenters. The van der Waals surface area contributed by atoms with Gasteiger partial charge in [0.15, 0.2) is 0 Å². The van der Waals surface area contributed by atoms with Gasteiger partial charge in [0.05, 0.1) is 31.9 Å². The molecule has 51 heavy (non-hydrogen) atoms. The summed E-state index contributed by atoms with van der Waals surface area (Å²) in [6.07, 6.45) is 6.95. The molecule has 1 aliphatic carbocycles. The first-order valence-corrected chi connectivity index (χ1v) is 18.2. The van der Waals surface area contributed by atoms with Gasteiger partial charge in [0.25, 0.3) is 0 Å². The average molecular weight is 693 g/mol. The summed E-state index contributed by atoms with van der Waals surface area (Å²) in [6.45, 7) is 10.1. The molecular weight excluding hydrogens is 644 g/mol. The van der Waals surface area contributed by atoms with Crippen LogP contribution in [-0.2, 0) is 15.3 Å². The van der Waals surface area contributed by atoms with Crippen molar-refractivity contribution in [1.82, 2.24) is 15.6 Å². The lowest BCUT2D eigenvalue weighted by Gasteiger charge is -2.37. The van der Waals surface area contributed by atoms with Gasteiger partial charge in [0.1, 0.15) is 42.9 Å². The van der Waals surface area contributed by atoms with Gasteiger partial charge in [-0.25, -0.2) is 15.6 Å². The van der Waals surface area contributed by atoms with Gasteiger partial charge >= 0.3 is 0 Å². The van der Waals surface area contributed by atoms with Crippen LogP contribution in [0.1, 0.15) is 38.7 Å². The van der Waals surface area contributed by atoms with Crippen molar-refractivity contribution >= 4 is 29.6 Å². The number of nitrogens with zero attached hydrogens (tertiary/aromatic N) is 7. The molecule has 12 nitrogen and oxygen atoms in total. The van der Waals surface area contributed by atoms with Crippen molar-refractivity contribution in [2.24, 2.45) is 10.2 Å². The number of benzene rings is 3. The highest BCUT2D eigenvalue weighted by molar-refractivity contribution is 5.86. The average Bonchev–Trinajstić information content (AvgIpc) is 3.51. The molecule has 4 heterocycles. The van der Waals surface area contributed by atoms with E-state index in [-0.39, 0.29) is 6.10 Å². The van der Waals surface area contributed by atoms with Crippen LogP contribution in [-0.4, -0.2) is 94.4 Å². The van der Waals surface area contributed by atoms with Gasteiger partial charge in [-0.3, -0.25) is 4.90 Å². The van der Waals surface area contributed by atoms with Crippen molar-refractivity contribution < 1.29 is 18.9 Å². The number of hydrogen-bond donors (Lipinski definition) is 1. The number of para-hydroxylation sites is 1. The van der Waals surface area contributed by atoms with Crippen molar-refractivity contribution in [2.75, 3.05) is 74.3 Å². The van der Waals surface area contributed by atoms with Crippen LogP contribution in [0.3, 0.4) is 0 Å². The van der Waals surface area contributed by atoms with E-state index >= 15 is 0 Å². The number of hydrazone groups is 2. The van der Waals surface area contributed by atoms with E-state index in [1.165, 1.54) is 41.3 Å². The number of hydrogen-bond acceptors (Lipinski definition) is 12. The Balaban J connectivity index is 0.840. The van der Waals surface area contributed by atoms with E-state index in [0.717, 1.165) is 43.9 Å². The number of rotatable bonds is 12. The molecule has 3 unspecified atom stereocenters. The fourth-order valence-corrected chi connectivity index (χ4v) is 7.16. The summed E-state index contributed by atoms with van der Waals surface area (Å²) in [5, 5.41) is 13.1. The van der Waals surface area contributed by atoms with E-state index < -0.39 is 5.79 Å². The highest BCUT2D eigenvalue weighted by atomic mass is 16.8. The van der Waals surface area contributed by atoms with Gasteiger partial charge in [0.2, 0.25) is 5.79 Å². The summed E-state index contributed by atoms with van der Waals surface area (Å²) in [6, 6.07) is 25.5. The predicted octanol–water partition coefficient (Wildman–Crippen LogP) is 5.34. The molecule has 8 rings (SSSR count). The maximum atomic E-state index is 6.58. The van der Waals surface area contributed by atoms with Crippen molar-refractivity contribution in [3.63, 3.8) is 0 Å². The minimum atomic E-state index is -1.04. The second kappa shape index (κ2) is 14.5. The third kappa shape index (κ3) is 6.95. The highest BCUT2D eigenvalue weighted by Crippen LogP contribution is 2.41. The van der Waals surface area contributed by atoms with E-state index in [4.69, 9.17) is 24.0 Å². The van der Waals surface area contributed by atoms with E-state index in [1.54, 1.807) is 12.2 Å². The van der Waals surface area contributed by atoms with Gasteiger partial charge in [-0.1, -0.05) is 19.1 Å². The molecule has 1 saturated carbocycles. The number of nitrogens with one attached hydrogen (secondary N) is 1. The lowest BCUT2D eigenvalue weighted by Crippen LogP contribution is -2.46. The number of anilines is 3. The summed E-state index contributed by atoms with van der Waals surface area (Å²) in [5.41, 5.74) is 9.17. The molecule has 0 bridgehead atoms. The Morgan fingerprint density at radius 1 is 0.902 bits per heavy atom. The monoisotopic (exact) mass is 692 g/mol. The summed E-state index contributed by atoms with van der Waals surface area (Å²) >= 11 is 0. The first kappa shape index (κ1) is 33.4. The smallest absolute Gasteiger partial charge is 0.220 e. The number of piperazine rings is 1. The first-order valence-electron chi connectivity index (χ1n) is 18.2. The number of methoxy groups -OCH3 is 1. The normalized spacial score (nSPS) is 23.5. The predicted molar refractivity (Wildman–Crippen MR) is 200 cm³/mol. The van der Waals surface area contributed by atoms with Crippen molar-refractivity contribution in [3.05, 3.63) is 89.8 Å². The molecule has 0 radical (unpaired) electrons. The highest BCUT2D eigenvalue weighted by Gasteiger charge is 2.47. The summed E-state index contributed by atoms with van der Waals surface area (Å²) in [7, 11) is 1.66. The molecule has 268 valence electrons. The SMILES string of the molecule is CCC(C)N1N=CN(c2ccc(N3CCN(c4ccc(OCC5COC(CN6N=CCN6)(c6ccccc6OC)O5)cc4)CC3)cc2)C1=C1CC1. The minimum Gasteiger partial charge on any atom is -0.496 e. The van der Waals surface area contributed by atoms with Crippen LogP contribution in [0.15, 0.2) is 94.4 Å². The second-order valence-electron chi connectivity index (χ2n) is 13.6. The molecular formula is C39H48N8O4. The molecule has 3 aromatic carbocycles. The summed E-state index contributed by atoms with van der Waals surface area (Å²) < 4.78 is 24.8. The molecule has 3 fully saturated rings. The number of hydrazine groups is 1. The molecule has 1 N–H and O–H groups in total. The molecule has 3 aromatic rings. The number of ether oxygens (including phenoxy) is 4. The van der Waals surface area contributed by atoms with E-state index in [0.29, 0.717) is 38.1 Å². The Morgan fingerprint density at radius 2 is 1.59 bits per heavy atom. The van der Waals surface area contributed by atoms with Crippen molar-refractivity contribution in [1.29, 1.82) is 0 Å². The maximum Gasteiger partial charge on any atom is 0.220 e. The summed E-state index contributed by atoms with van der Waals surface area (Å²) in [5.74, 6) is 1.73. The quantitative estimate of drug-likeness (QED) is 0.268. The Bertz CT molecular complexity index is 1750. The Morgan fingerprint density at radius 3 is 2.24 bits per heavy atom. The van der Waals surface area contributed by atoms with E-state index in [2.05, 4.69) is 80.5 Å². The number of allylic oxidation sites excluding steroid dienone is 1. The van der Waals surface area contributed by atoms with Gasteiger partial charge < -0.3 is 28.7 Å². The fourth-order valence-electron chi connectivity index (χ4n) is 7.16. The molecule has 0 spiro atoms. The Labute approximate surface area is 300 Å². The fraction of sp³-hybridized carbons (Fsp3) is 0.436. The minimum absolute atomic E-state index is 0.261. The first-order chi connectivity index (χ1) is 25.0. The van der Waals surface area contributed by atoms with Crippen LogP contribution in [0.2, 0.25) is 0 Å². The van der Waals surface area contributed by atoms with E-state index in [9.17, 15) is 0 Å². The second-order valence-corrected chi connectivity index (χ2v) is 13.6. The van der Waals surface area contributed by atoms with Gasteiger partial charge in [-0.2, -0.15) is 10.2 Å². The van der Waals surface area contributed by atoms with Crippen LogP contribution in [0.4, 0.5) is 17.1 Å². The van der Waals surface area contributed by atoms with Crippen molar-refractivity contribution in [2.45, 2.75) is 51.0 Å². The third-order valence-electron chi connectivity index (χ3n) is 10.3. The van der Waals surface area contributed by atoms with Crippen LogP contribution < -0.4 is 29.6 Å². The van der Waals surface area contributed by atoms with Gasteiger partial charge in [-0.15, -0.1) is 0 Å². The molecule has 4 aliphatic heterocycles. The van der Waals surface area contributed by atoms with Gasteiger partial charge in [0, 0.05) is 49.5 Å². The third-order valence-corrected chi connectivity index (χ3v) is 10.3. The summed E-state index contributed by atoms with van der Waals surface area (Å²) in [4.78, 5) is 7.18. The largest absolute Gasteiger partial charge is 0.496 e. The standard InChI is InChI=1S/C39H48N8O4/c1-4-29(2)47-38(30-9-10-30)45(28-42-47)33-13-11-31(12-14-33)43-21-23-44(24-22-43)32-15-17-34(18-16-32)49-25-35-26-50-39(51-35,27-46-40-19-20-41-46)36-7-5-6-8-37(36)48-3/h5-8,11-19,28-29,35,41H,4,9-10,20-27H2,1-3H3. The Hall–Kier alpha value is -4.78. The zero-order valence-corrected chi connectivity index (χ0v) is 29.8. The van der Waals surface area contributed by atoms with Crippen LogP contribution >= 0.6 is 0 Å². The molecule has 0 aromatic heterocycles. The van der Waals surface area contributed by atoms with Crippen LogP contribution in [0.25, 0.3) is 0 Å².